The molecule has 0 aromatic rings. The maximum Gasteiger partial charge on any atom is 0.218 e. The molecule has 1 heterocycles. The summed E-state index contributed by atoms with van der Waals surface area (Å²) in [5, 5.41) is 5.09. The van der Waals surface area contributed by atoms with E-state index in [0.29, 0.717) is 0 Å². The summed E-state index contributed by atoms with van der Waals surface area (Å²) in [6.07, 6.45) is 2.45. The van der Waals surface area contributed by atoms with E-state index in [0.717, 1.165) is 31.5 Å². The Hall–Kier alpha value is -0.770. The average molecular weight is 199 g/mol. The van der Waals surface area contributed by atoms with Gasteiger partial charge in [0.2, 0.25) is 5.96 Å². The van der Waals surface area contributed by atoms with Gasteiger partial charge in [0, 0.05) is 6.54 Å². The van der Waals surface area contributed by atoms with Crippen LogP contribution in [-0.2, 0) is 4.84 Å². The average Bonchev–Trinajstić information content (AvgIpc) is 2.59. The largest absolute Gasteiger partial charge is 0.354 e. The Morgan fingerprint density at radius 3 is 3.00 bits per heavy atom. The molecule has 0 atom stereocenters. The fourth-order valence-corrected chi connectivity index (χ4v) is 1.46. The van der Waals surface area contributed by atoms with Crippen LogP contribution in [0.3, 0.4) is 0 Å². The summed E-state index contributed by atoms with van der Waals surface area (Å²) in [6.45, 7) is 7.17. The zero-order valence-corrected chi connectivity index (χ0v) is 9.42. The van der Waals surface area contributed by atoms with Crippen LogP contribution in [0.5, 0.6) is 0 Å². The number of nitrogens with zero attached hydrogens (tertiary/aromatic N) is 2. The molecule has 4 heteroatoms. The predicted molar refractivity (Wildman–Crippen MR) is 58.1 cm³/mol. The highest BCUT2D eigenvalue weighted by atomic mass is 16.7. The van der Waals surface area contributed by atoms with E-state index < -0.39 is 0 Å². The molecule has 0 aromatic heterocycles. The van der Waals surface area contributed by atoms with E-state index in [2.05, 4.69) is 24.2 Å². The molecule has 0 unspecified atom stereocenters. The molecule has 0 aromatic carbocycles. The van der Waals surface area contributed by atoms with Gasteiger partial charge in [0.05, 0.1) is 20.2 Å². The molecular weight excluding hydrogens is 178 g/mol. The van der Waals surface area contributed by atoms with Crippen molar-refractivity contribution in [3.63, 3.8) is 0 Å². The van der Waals surface area contributed by atoms with Crippen molar-refractivity contribution in [2.45, 2.75) is 26.7 Å². The molecule has 14 heavy (non-hydrogen) atoms. The fourth-order valence-electron chi connectivity index (χ4n) is 1.46. The van der Waals surface area contributed by atoms with Crippen molar-refractivity contribution in [2.24, 2.45) is 10.9 Å². The first kappa shape index (κ1) is 11.3. The first-order chi connectivity index (χ1) is 6.74. The maximum absolute atomic E-state index is 5.14. The smallest absolute Gasteiger partial charge is 0.218 e. The lowest BCUT2D eigenvalue weighted by Crippen LogP contribution is -2.38. The van der Waals surface area contributed by atoms with Crippen LogP contribution >= 0.6 is 0 Å². The zero-order chi connectivity index (χ0) is 10.4. The molecule has 1 aliphatic rings. The van der Waals surface area contributed by atoms with Gasteiger partial charge in [0.15, 0.2) is 0 Å². The number of hydrogen-bond donors (Lipinski definition) is 1. The first-order valence-corrected chi connectivity index (χ1v) is 5.34. The van der Waals surface area contributed by atoms with Crippen LogP contribution in [-0.4, -0.2) is 37.8 Å². The SMILES string of the molecule is CON1CCN=C1NCCCC(C)C. The highest BCUT2D eigenvalue weighted by Crippen LogP contribution is 2.03. The van der Waals surface area contributed by atoms with Crippen LogP contribution < -0.4 is 5.32 Å². The zero-order valence-electron chi connectivity index (χ0n) is 9.42. The monoisotopic (exact) mass is 199 g/mol. The Labute approximate surface area is 86.3 Å². The van der Waals surface area contributed by atoms with Gasteiger partial charge in [-0.3, -0.25) is 4.84 Å². The quantitative estimate of drug-likeness (QED) is 0.677. The molecule has 1 N–H and O–H groups in total. The van der Waals surface area contributed by atoms with E-state index in [1.165, 1.54) is 12.8 Å². The number of rotatable bonds is 5. The van der Waals surface area contributed by atoms with Gasteiger partial charge >= 0.3 is 0 Å². The summed E-state index contributed by atoms with van der Waals surface area (Å²) in [7, 11) is 1.68. The van der Waals surface area contributed by atoms with Crippen molar-refractivity contribution in [1.29, 1.82) is 0 Å². The number of hydrogen-bond acceptors (Lipinski definition) is 4. The summed E-state index contributed by atoms with van der Waals surface area (Å²) in [5.41, 5.74) is 0. The minimum Gasteiger partial charge on any atom is -0.354 e. The summed E-state index contributed by atoms with van der Waals surface area (Å²) in [5.74, 6) is 1.66. The van der Waals surface area contributed by atoms with E-state index in [9.17, 15) is 0 Å². The lowest BCUT2D eigenvalue weighted by molar-refractivity contribution is -0.0581. The van der Waals surface area contributed by atoms with Gasteiger partial charge in [0.1, 0.15) is 0 Å². The van der Waals surface area contributed by atoms with Gasteiger partial charge in [-0.05, 0) is 18.8 Å². The molecular formula is C10H21N3O. The van der Waals surface area contributed by atoms with Crippen molar-refractivity contribution in [2.75, 3.05) is 26.7 Å². The second-order valence-corrected chi connectivity index (χ2v) is 3.95. The van der Waals surface area contributed by atoms with E-state index in [1.807, 2.05) is 0 Å². The van der Waals surface area contributed by atoms with Gasteiger partial charge in [-0.25, -0.2) is 10.1 Å². The van der Waals surface area contributed by atoms with Gasteiger partial charge in [0.25, 0.3) is 0 Å². The molecule has 0 amide bonds. The van der Waals surface area contributed by atoms with E-state index in [4.69, 9.17) is 4.84 Å². The third-order valence-corrected chi connectivity index (χ3v) is 2.26. The lowest BCUT2D eigenvalue weighted by atomic mass is 10.1. The van der Waals surface area contributed by atoms with Crippen molar-refractivity contribution < 1.29 is 4.84 Å². The third kappa shape index (κ3) is 3.54. The van der Waals surface area contributed by atoms with Crippen molar-refractivity contribution >= 4 is 5.96 Å². The Morgan fingerprint density at radius 2 is 2.36 bits per heavy atom. The maximum atomic E-state index is 5.14. The van der Waals surface area contributed by atoms with Crippen LogP contribution in [0.4, 0.5) is 0 Å². The minimum atomic E-state index is 0.779. The number of guanidine groups is 1. The van der Waals surface area contributed by atoms with Crippen molar-refractivity contribution in [3.8, 4) is 0 Å². The summed E-state index contributed by atoms with van der Waals surface area (Å²) >= 11 is 0. The number of aliphatic imine (C=N–C) groups is 1. The second kappa shape index (κ2) is 5.86. The molecule has 0 radical (unpaired) electrons. The van der Waals surface area contributed by atoms with Crippen LogP contribution in [0.15, 0.2) is 4.99 Å². The number of nitrogens with one attached hydrogen (secondary N) is 1. The molecule has 0 saturated carbocycles. The van der Waals surface area contributed by atoms with Gasteiger partial charge < -0.3 is 5.32 Å². The Morgan fingerprint density at radius 1 is 1.57 bits per heavy atom. The molecule has 82 valence electrons. The fraction of sp³-hybridized carbons (Fsp3) is 0.900. The van der Waals surface area contributed by atoms with Gasteiger partial charge in [-0.1, -0.05) is 13.8 Å². The minimum absolute atomic E-state index is 0.779. The highest BCUT2D eigenvalue weighted by molar-refractivity contribution is 5.80. The summed E-state index contributed by atoms with van der Waals surface area (Å²) in [6, 6.07) is 0. The van der Waals surface area contributed by atoms with E-state index in [-0.39, 0.29) is 0 Å². The van der Waals surface area contributed by atoms with Crippen LogP contribution in [0.2, 0.25) is 0 Å². The molecule has 0 bridgehead atoms. The molecule has 0 saturated heterocycles. The standard InChI is InChI=1S/C10H21N3O/c1-9(2)5-4-6-11-10-12-7-8-13(10)14-3/h9H,4-8H2,1-3H3,(H,11,12). The molecule has 0 aliphatic carbocycles. The van der Waals surface area contributed by atoms with Crippen molar-refractivity contribution in [1.82, 2.24) is 10.4 Å². The topological polar surface area (TPSA) is 36.9 Å². The molecule has 1 rings (SSSR count). The Balaban J connectivity index is 2.12. The van der Waals surface area contributed by atoms with Gasteiger partial charge in [-0.15, -0.1) is 0 Å². The number of hydroxylamine groups is 2. The normalized spacial score (nSPS) is 16.3. The third-order valence-electron chi connectivity index (χ3n) is 2.26. The highest BCUT2D eigenvalue weighted by Gasteiger charge is 2.15. The van der Waals surface area contributed by atoms with Crippen LogP contribution in [0.1, 0.15) is 26.7 Å². The Bertz CT molecular complexity index is 192. The molecule has 1 aliphatic heterocycles. The van der Waals surface area contributed by atoms with Crippen LogP contribution in [0.25, 0.3) is 0 Å². The molecule has 0 fully saturated rings. The second-order valence-electron chi connectivity index (χ2n) is 3.95. The van der Waals surface area contributed by atoms with Crippen LogP contribution in [0, 0.1) is 5.92 Å². The lowest BCUT2D eigenvalue weighted by Gasteiger charge is -2.17. The van der Waals surface area contributed by atoms with E-state index >= 15 is 0 Å². The van der Waals surface area contributed by atoms with Gasteiger partial charge in [-0.2, -0.15) is 0 Å². The molecule has 0 spiro atoms. The summed E-state index contributed by atoms with van der Waals surface area (Å²) < 4.78 is 0. The van der Waals surface area contributed by atoms with E-state index in [1.54, 1.807) is 12.2 Å². The first-order valence-electron chi connectivity index (χ1n) is 5.34. The summed E-state index contributed by atoms with van der Waals surface area (Å²) in [4.78, 5) is 9.45. The molecule has 4 nitrogen and oxygen atoms in total. The van der Waals surface area contributed by atoms with Crippen molar-refractivity contribution in [3.05, 3.63) is 0 Å². The predicted octanol–water partition coefficient (Wildman–Crippen LogP) is 1.25. The Kier molecular flexibility index (Phi) is 4.73.